The quantitative estimate of drug-likeness (QED) is 0.478. The summed E-state index contributed by atoms with van der Waals surface area (Å²) >= 11 is 5.96. The molecule has 1 fully saturated rings. The molecule has 1 saturated carbocycles. The van der Waals surface area contributed by atoms with Crippen LogP contribution in [-0.2, 0) is 4.74 Å². The summed E-state index contributed by atoms with van der Waals surface area (Å²) in [6, 6.07) is 0. The molecule has 0 atom stereocenters. The molecule has 0 unspecified atom stereocenters. The monoisotopic (exact) mass is 190 g/mol. The molecule has 72 valence electrons. The van der Waals surface area contributed by atoms with E-state index in [0.29, 0.717) is 5.41 Å². The van der Waals surface area contributed by atoms with Crippen molar-refractivity contribution in [1.82, 2.24) is 0 Å². The maximum absolute atomic E-state index is 5.96. The van der Waals surface area contributed by atoms with Gasteiger partial charge < -0.3 is 4.74 Å². The molecular weight excluding hydrogens is 172 g/mol. The Morgan fingerprint density at radius 1 is 1.50 bits per heavy atom. The minimum Gasteiger partial charge on any atom is -0.385 e. The fraction of sp³-hybridized carbons (Fsp3) is 1.00. The number of halogens is 1. The van der Waals surface area contributed by atoms with Crippen LogP contribution in [0.2, 0.25) is 0 Å². The van der Waals surface area contributed by atoms with E-state index in [1.165, 1.54) is 19.3 Å². The van der Waals surface area contributed by atoms with E-state index in [1.807, 2.05) is 0 Å². The van der Waals surface area contributed by atoms with Gasteiger partial charge in [-0.05, 0) is 37.0 Å². The zero-order valence-corrected chi connectivity index (χ0v) is 8.86. The molecule has 1 rings (SSSR count). The third-order valence-corrected chi connectivity index (χ3v) is 3.47. The van der Waals surface area contributed by atoms with Gasteiger partial charge in [-0.15, -0.1) is 11.6 Å². The Balaban J connectivity index is 2.18. The van der Waals surface area contributed by atoms with Crippen molar-refractivity contribution in [3.63, 3.8) is 0 Å². The highest BCUT2D eigenvalue weighted by atomic mass is 35.5. The van der Waals surface area contributed by atoms with Crippen LogP contribution in [0.25, 0.3) is 0 Å². The molecule has 0 bridgehead atoms. The van der Waals surface area contributed by atoms with Crippen molar-refractivity contribution >= 4 is 11.6 Å². The van der Waals surface area contributed by atoms with Crippen molar-refractivity contribution < 1.29 is 4.74 Å². The summed E-state index contributed by atoms with van der Waals surface area (Å²) in [5.74, 6) is 1.73. The molecule has 12 heavy (non-hydrogen) atoms. The van der Waals surface area contributed by atoms with Gasteiger partial charge in [-0.25, -0.2) is 0 Å². The van der Waals surface area contributed by atoms with Crippen LogP contribution in [-0.4, -0.2) is 19.6 Å². The van der Waals surface area contributed by atoms with Crippen molar-refractivity contribution in [3.05, 3.63) is 0 Å². The van der Waals surface area contributed by atoms with Gasteiger partial charge in [0.1, 0.15) is 0 Å². The lowest BCUT2D eigenvalue weighted by molar-refractivity contribution is 0.0671. The van der Waals surface area contributed by atoms with Crippen LogP contribution >= 0.6 is 11.6 Å². The van der Waals surface area contributed by atoms with Crippen molar-refractivity contribution in [2.24, 2.45) is 11.3 Å². The van der Waals surface area contributed by atoms with Gasteiger partial charge in [-0.2, -0.15) is 0 Å². The number of rotatable bonds is 5. The first-order valence-corrected chi connectivity index (χ1v) is 5.31. The van der Waals surface area contributed by atoms with E-state index in [-0.39, 0.29) is 0 Å². The molecule has 1 aliphatic carbocycles. The zero-order valence-electron chi connectivity index (χ0n) is 8.11. The van der Waals surface area contributed by atoms with E-state index in [1.54, 1.807) is 7.11 Å². The van der Waals surface area contributed by atoms with Crippen LogP contribution in [0, 0.1) is 11.3 Å². The Morgan fingerprint density at radius 2 is 2.17 bits per heavy atom. The number of hydrogen-bond donors (Lipinski definition) is 0. The molecule has 0 radical (unpaired) electrons. The van der Waals surface area contributed by atoms with Gasteiger partial charge in [0.2, 0.25) is 0 Å². The Morgan fingerprint density at radius 3 is 2.58 bits per heavy atom. The van der Waals surface area contributed by atoms with E-state index in [9.17, 15) is 0 Å². The number of hydrogen-bond acceptors (Lipinski definition) is 1. The molecule has 1 nitrogen and oxygen atoms in total. The van der Waals surface area contributed by atoms with E-state index in [4.69, 9.17) is 16.3 Å². The summed E-state index contributed by atoms with van der Waals surface area (Å²) in [5, 5.41) is 0. The highest BCUT2D eigenvalue weighted by molar-refractivity contribution is 6.18. The van der Waals surface area contributed by atoms with Crippen LogP contribution in [0.5, 0.6) is 0 Å². The zero-order chi connectivity index (χ0) is 9.03. The fourth-order valence-corrected chi connectivity index (χ4v) is 2.74. The van der Waals surface area contributed by atoms with Gasteiger partial charge in [-0.1, -0.05) is 6.92 Å². The summed E-state index contributed by atoms with van der Waals surface area (Å²) in [5.41, 5.74) is 0.472. The van der Waals surface area contributed by atoms with Gasteiger partial charge in [-0.3, -0.25) is 0 Å². The van der Waals surface area contributed by atoms with E-state index in [2.05, 4.69) is 6.92 Å². The molecule has 0 saturated heterocycles. The second kappa shape index (κ2) is 4.48. The average Bonchev–Trinajstić information content (AvgIpc) is 2.01. The van der Waals surface area contributed by atoms with Gasteiger partial charge in [0, 0.05) is 19.6 Å². The number of alkyl halides is 1. The summed E-state index contributed by atoms with van der Waals surface area (Å²) in [4.78, 5) is 0. The van der Waals surface area contributed by atoms with Gasteiger partial charge >= 0.3 is 0 Å². The first-order valence-electron chi connectivity index (χ1n) is 4.77. The fourth-order valence-electron chi connectivity index (χ4n) is 2.39. The van der Waals surface area contributed by atoms with Crippen molar-refractivity contribution in [2.75, 3.05) is 19.6 Å². The minimum atomic E-state index is 0.472. The van der Waals surface area contributed by atoms with Crippen LogP contribution in [0.1, 0.15) is 32.6 Å². The highest BCUT2D eigenvalue weighted by Gasteiger charge is 2.40. The Kier molecular flexibility index (Phi) is 3.85. The molecule has 0 aromatic heterocycles. The summed E-state index contributed by atoms with van der Waals surface area (Å²) < 4.78 is 5.03. The normalized spacial score (nSPS) is 34.8. The van der Waals surface area contributed by atoms with Crippen molar-refractivity contribution in [1.29, 1.82) is 0 Å². The smallest absolute Gasteiger partial charge is 0.0462 e. The van der Waals surface area contributed by atoms with Crippen molar-refractivity contribution in [3.8, 4) is 0 Å². The SMILES string of the molecule is COCCCC1(CCl)CC(C)C1. The predicted molar refractivity (Wildman–Crippen MR) is 52.7 cm³/mol. The Labute approximate surface area is 80.4 Å². The third-order valence-electron chi connectivity index (χ3n) is 2.90. The molecule has 0 aliphatic heterocycles. The largest absolute Gasteiger partial charge is 0.385 e. The summed E-state index contributed by atoms with van der Waals surface area (Å²) in [7, 11) is 1.76. The molecule has 2 heteroatoms. The molecule has 0 N–H and O–H groups in total. The molecule has 0 heterocycles. The second-order valence-electron chi connectivity index (χ2n) is 4.24. The third kappa shape index (κ3) is 2.37. The maximum Gasteiger partial charge on any atom is 0.0462 e. The maximum atomic E-state index is 5.96. The summed E-state index contributed by atoms with van der Waals surface area (Å²) in [6.45, 7) is 3.19. The molecule has 0 amide bonds. The van der Waals surface area contributed by atoms with Crippen LogP contribution < -0.4 is 0 Å². The summed E-state index contributed by atoms with van der Waals surface area (Å²) in [6.07, 6.45) is 5.05. The van der Waals surface area contributed by atoms with E-state index >= 15 is 0 Å². The first kappa shape index (κ1) is 10.3. The van der Waals surface area contributed by atoms with Crippen LogP contribution in [0.4, 0.5) is 0 Å². The minimum absolute atomic E-state index is 0.472. The van der Waals surface area contributed by atoms with E-state index < -0.39 is 0 Å². The van der Waals surface area contributed by atoms with Crippen molar-refractivity contribution in [2.45, 2.75) is 32.6 Å². The lowest BCUT2D eigenvalue weighted by Gasteiger charge is -2.45. The molecule has 0 spiro atoms. The number of ether oxygens (including phenoxy) is 1. The standard InChI is InChI=1S/C10H19ClO/c1-9-6-10(7-9,8-11)4-3-5-12-2/h9H,3-8H2,1-2H3. The lowest BCUT2D eigenvalue weighted by Crippen LogP contribution is -2.37. The molecular formula is C10H19ClO. The topological polar surface area (TPSA) is 9.23 Å². The Bertz CT molecular complexity index is 130. The van der Waals surface area contributed by atoms with Crippen LogP contribution in [0.3, 0.4) is 0 Å². The molecule has 1 aliphatic rings. The van der Waals surface area contributed by atoms with E-state index in [0.717, 1.165) is 24.8 Å². The van der Waals surface area contributed by atoms with Gasteiger partial charge in [0.05, 0.1) is 0 Å². The first-order chi connectivity index (χ1) is 5.72. The second-order valence-corrected chi connectivity index (χ2v) is 4.51. The van der Waals surface area contributed by atoms with Crippen LogP contribution in [0.15, 0.2) is 0 Å². The van der Waals surface area contributed by atoms with Gasteiger partial charge in [0.15, 0.2) is 0 Å². The van der Waals surface area contributed by atoms with Gasteiger partial charge in [0.25, 0.3) is 0 Å². The highest BCUT2D eigenvalue weighted by Crippen LogP contribution is 2.49. The molecule has 0 aromatic rings. The lowest BCUT2D eigenvalue weighted by atomic mass is 9.62. The predicted octanol–water partition coefficient (Wildman–Crippen LogP) is 3.07. The average molecular weight is 191 g/mol. The molecule has 0 aromatic carbocycles. The Hall–Kier alpha value is 0.250. The number of methoxy groups -OCH3 is 1.